The van der Waals surface area contributed by atoms with Crippen molar-refractivity contribution in [2.45, 2.75) is 31.8 Å². The SMILES string of the molecule is CCOC(=O)[C@@H]1COC(=O)N1C1CCN(C(=O)CSC(=S)N(C)C)CC1. The molecule has 10 heteroatoms. The van der Waals surface area contributed by atoms with Gasteiger partial charge in [-0.15, -0.1) is 0 Å². The van der Waals surface area contributed by atoms with Crippen molar-refractivity contribution in [2.24, 2.45) is 0 Å². The summed E-state index contributed by atoms with van der Waals surface area (Å²) in [5.41, 5.74) is 0. The Morgan fingerprint density at radius 1 is 1.35 bits per heavy atom. The highest BCUT2D eigenvalue weighted by Gasteiger charge is 2.44. The van der Waals surface area contributed by atoms with Crippen molar-refractivity contribution in [3.05, 3.63) is 0 Å². The molecule has 2 amide bonds. The van der Waals surface area contributed by atoms with Crippen LogP contribution in [0.25, 0.3) is 0 Å². The van der Waals surface area contributed by atoms with Crippen molar-refractivity contribution < 1.29 is 23.9 Å². The smallest absolute Gasteiger partial charge is 0.410 e. The van der Waals surface area contributed by atoms with Gasteiger partial charge in [0.25, 0.3) is 0 Å². The molecule has 0 spiro atoms. The normalized spacial score (nSPS) is 20.7. The van der Waals surface area contributed by atoms with Crippen LogP contribution in [-0.2, 0) is 19.1 Å². The van der Waals surface area contributed by atoms with E-state index < -0.39 is 18.1 Å². The Kier molecular flexibility index (Phi) is 7.51. The summed E-state index contributed by atoms with van der Waals surface area (Å²) in [5.74, 6) is -0.104. The van der Waals surface area contributed by atoms with Gasteiger partial charge in [-0.3, -0.25) is 9.69 Å². The van der Waals surface area contributed by atoms with Crippen LogP contribution in [0.1, 0.15) is 19.8 Å². The number of esters is 1. The molecule has 0 aliphatic carbocycles. The number of carbonyl (C=O) groups excluding carboxylic acids is 3. The average molecular weight is 404 g/mol. The Morgan fingerprint density at radius 3 is 2.58 bits per heavy atom. The number of likely N-dealkylation sites (tertiary alicyclic amines) is 1. The summed E-state index contributed by atoms with van der Waals surface area (Å²) in [6, 6.07) is -0.818. The van der Waals surface area contributed by atoms with Crippen molar-refractivity contribution in [3.8, 4) is 0 Å². The summed E-state index contributed by atoms with van der Waals surface area (Å²) in [5, 5.41) is 0. The van der Waals surface area contributed by atoms with Crippen LogP contribution >= 0.6 is 24.0 Å². The molecule has 146 valence electrons. The number of thiocarbonyl (C=S) groups is 1. The molecule has 26 heavy (non-hydrogen) atoms. The van der Waals surface area contributed by atoms with Crippen molar-refractivity contribution in [2.75, 3.05) is 46.2 Å². The van der Waals surface area contributed by atoms with E-state index in [4.69, 9.17) is 21.7 Å². The summed E-state index contributed by atoms with van der Waals surface area (Å²) in [4.78, 5) is 41.5. The van der Waals surface area contributed by atoms with E-state index in [1.165, 1.54) is 16.7 Å². The van der Waals surface area contributed by atoms with E-state index in [0.717, 1.165) is 0 Å². The minimum absolute atomic E-state index is 0.0232. The monoisotopic (exact) mass is 403 g/mol. The minimum Gasteiger partial charge on any atom is -0.464 e. The third-order valence-corrected chi connectivity index (χ3v) is 6.09. The third-order valence-electron chi connectivity index (χ3n) is 4.36. The van der Waals surface area contributed by atoms with Crippen LogP contribution in [0.4, 0.5) is 4.79 Å². The average Bonchev–Trinajstić information content (AvgIpc) is 3.01. The van der Waals surface area contributed by atoms with Crippen LogP contribution < -0.4 is 0 Å². The molecular weight excluding hydrogens is 378 g/mol. The van der Waals surface area contributed by atoms with Crippen molar-refractivity contribution in [1.82, 2.24) is 14.7 Å². The molecule has 0 saturated carbocycles. The lowest BCUT2D eigenvalue weighted by molar-refractivity contribution is -0.148. The molecule has 2 heterocycles. The molecule has 0 N–H and O–H groups in total. The molecule has 8 nitrogen and oxygen atoms in total. The highest BCUT2D eigenvalue weighted by atomic mass is 32.2. The molecule has 2 aliphatic heterocycles. The molecule has 0 unspecified atom stereocenters. The number of nitrogens with zero attached hydrogens (tertiary/aromatic N) is 3. The maximum absolute atomic E-state index is 12.3. The maximum atomic E-state index is 12.3. The van der Waals surface area contributed by atoms with Crippen LogP contribution in [0, 0.1) is 0 Å². The van der Waals surface area contributed by atoms with Gasteiger partial charge < -0.3 is 19.3 Å². The quantitative estimate of drug-likeness (QED) is 0.496. The van der Waals surface area contributed by atoms with E-state index >= 15 is 0 Å². The largest absolute Gasteiger partial charge is 0.464 e. The number of cyclic esters (lactones) is 1. The fraction of sp³-hybridized carbons (Fsp3) is 0.750. The Hall–Kier alpha value is -1.55. The van der Waals surface area contributed by atoms with Gasteiger partial charge in [-0.25, -0.2) is 9.59 Å². The van der Waals surface area contributed by atoms with Crippen LogP contribution in [0.5, 0.6) is 0 Å². The number of rotatable bonds is 5. The summed E-state index contributed by atoms with van der Waals surface area (Å²) < 4.78 is 10.7. The number of hydrogen-bond acceptors (Lipinski definition) is 7. The first kappa shape index (κ1) is 20.8. The molecular formula is C16H25N3O5S2. The number of piperidine rings is 1. The second-order valence-electron chi connectivity index (χ2n) is 6.31. The topological polar surface area (TPSA) is 79.4 Å². The molecule has 0 aromatic carbocycles. The Morgan fingerprint density at radius 2 is 2.00 bits per heavy atom. The third kappa shape index (κ3) is 5.00. The van der Waals surface area contributed by atoms with Crippen LogP contribution in [-0.4, -0.2) is 95.2 Å². The second-order valence-corrected chi connectivity index (χ2v) is 7.92. The Labute approximate surface area is 163 Å². The van der Waals surface area contributed by atoms with Gasteiger partial charge in [0.1, 0.15) is 10.9 Å². The molecule has 2 saturated heterocycles. The zero-order valence-corrected chi connectivity index (χ0v) is 16.9. The first-order valence-electron chi connectivity index (χ1n) is 8.58. The predicted molar refractivity (Wildman–Crippen MR) is 102 cm³/mol. The molecule has 0 bridgehead atoms. The highest BCUT2D eigenvalue weighted by molar-refractivity contribution is 8.23. The molecule has 2 aliphatic rings. The lowest BCUT2D eigenvalue weighted by atomic mass is 10.0. The van der Waals surface area contributed by atoms with E-state index in [-0.39, 0.29) is 25.2 Å². The minimum atomic E-state index is -0.692. The summed E-state index contributed by atoms with van der Waals surface area (Å²) in [6.07, 6.45) is 0.735. The lowest BCUT2D eigenvalue weighted by Gasteiger charge is -2.37. The van der Waals surface area contributed by atoms with Gasteiger partial charge in [0.05, 0.1) is 12.4 Å². The summed E-state index contributed by atoms with van der Waals surface area (Å²) in [6.45, 7) is 3.09. The van der Waals surface area contributed by atoms with Gasteiger partial charge in [-0.1, -0.05) is 24.0 Å². The van der Waals surface area contributed by atoms with Crippen molar-refractivity contribution >= 4 is 46.3 Å². The van der Waals surface area contributed by atoms with E-state index in [1.54, 1.807) is 16.7 Å². The van der Waals surface area contributed by atoms with E-state index in [9.17, 15) is 14.4 Å². The Balaban J connectivity index is 1.86. The first-order valence-corrected chi connectivity index (χ1v) is 9.98. The van der Waals surface area contributed by atoms with Crippen molar-refractivity contribution in [1.29, 1.82) is 0 Å². The number of thioether (sulfide) groups is 1. The zero-order valence-electron chi connectivity index (χ0n) is 15.3. The molecule has 2 fully saturated rings. The number of ether oxygens (including phenoxy) is 2. The second kappa shape index (κ2) is 9.40. The molecule has 0 aromatic heterocycles. The van der Waals surface area contributed by atoms with Gasteiger partial charge >= 0.3 is 12.1 Å². The van der Waals surface area contributed by atoms with Crippen LogP contribution in [0.15, 0.2) is 0 Å². The number of amides is 2. The van der Waals surface area contributed by atoms with Crippen LogP contribution in [0.2, 0.25) is 0 Å². The van der Waals surface area contributed by atoms with Gasteiger partial charge in [-0.05, 0) is 19.8 Å². The van der Waals surface area contributed by atoms with Crippen LogP contribution in [0.3, 0.4) is 0 Å². The number of carbonyl (C=O) groups is 3. The lowest BCUT2D eigenvalue weighted by Crippen LogP contribution is -2.52. The fourth-order valence-electron chi connectivity index (χ4n) is 2.99. The highest BCUT2D eigenvalue weighted by Crippen LogP contribution is 2.25. The maximum Gasteiger partial charge on any atom is 0.410 e. The molecule has 0 radical (unpaired) electrons. The van der Waals surface area contributed by atoms with Gasteiger partial charge in [0, 0.05) is 33.2 Å². The molecule has 2 rings (SSSR count). The van der Waals surface area contributed by atoms with Gasteiger partial charge in [0.15, 0.2) is 6.04 Å². The van der Waals surface area contributed by atoms with E-state index in [1.807, 2.05) is 14.1 Å². The predicted octanol–water partition coefficient (Wildman–Crippen LogP) is 0.941. The molecule has 0 aromatic rings. The fourth-order valence-corrected chi connectivity index (χ4v) is 3.86. The number of hydrogen-bond donors (Lipinski definition) is 0. The van der Waals surface area contributed by atoms with Gasteiger partial charge in [0.2, 0.25) is 5.91 Å². The van der Waals surface area contributed by atoms with E-state index in [2.05, 4.69) is 0 Å². The standard InChI is InChI=1S/C16H25N3O5S2/c1-4-23-14(21)12-9-24-15(22)19(12)11-5-7-18(8-6-11)13(20)10-26-16(25)17(2)3/h11-12H,4-10H2,1-3H3/t12-/m0/s1. The van der Waals surface area contributed by atoms with Gasteiger partial charge in [-0.2, -0.15) is 0 Å². The van der Waals surface area contributed by atoms with Crippen molar-refractivity contribution in [3.63, 3.8) is 0 Å². The first-order chi connectivity index (χ1) is 12.3. The summed E-state index contributed by atoms with van der Waals surface area (Å²) in [7, 11) is 3.70. The zero-order chi connectivity index (χ0) is 19.3. The van der Waals surface area contributed by atoms with E-state index in [0.29, 0.717) is 36.0 Å². The Bertz CT molecular complexity index is 564. The summed E-state index contributed by atoms with van der Waals surface area (Å²) >= 11 is 6.52. The molecule has 1 atom stereocenters.